The number of nitrogens with zero attached hydrogens (tertiary/aromatic N) is 2. The van der Waals surface area contributed by atoms with Crippen molar-refractivity contribution in [2.75, 3.05) is 11.5 Å². The molecule has 1 aromatic heterocycles. The molecule has 0 aliphatic heterocycles. The van der Waals surface area contributed by atoms with Gasteiger partial charge in [-0.05, 0) is 24.0 Å². The molecule has 0 unspecified atom stereocenters. The van der Waals surface area contributed by atoms with Crippen molar-refractivity contribution in [1.29, 1.82) is 0 Å². The van der Waals surface area contributed by atoms with Gasteiger partial charge in [0, 0.05) is 18.1 Å². The van der Waals surface area contributed by atoms with E-state index in [-0.39, 0.29) is 0 Å². The van der Waals surface area contributed by atoms with E-state index in [0.29, 0.717) is 5.41 Å². The van der Waals surface area contributed by atoms with Crippen molar-refractivity contribution in [1.82, 2.24) is 9.97 Å². The number of rotatable bonds is 4. The second kappa shape index (κ2) is 3.88. The van der Waals surface area contributed by atoms with E-state index >= 15 is 0 Å². The van der Waals surface area contributed by atoms with Crippen molar-refractivity contribution in [3.05, 3.63) is 18.6 Å². The van der Waals surface area contributed by atoms with Crippen LogP contribution in [-0.2, 0) is 0 Å². The highest BCUT2D eigenvalue weighted by atomic mass is 32.2. The molecule has 0 amide bonds. The number of aromatic nitrogens is 2. The number of thiol groups is 1. The second-order valence-electron chi connectivity index (χ2n) is 3.49. The SMILES string of the molecule is SCC1(CSc2cnccn2)CC1. The van der Waals surface area contributed by atoms with Crippen molar-refractivity contribution >= 4 is 24.4 Å². The molecule has 0 atom stereocenters. The number of thioether (sulfide) groups is 1. The largest absolute Gasteiger partial charge is 0.260 e. The molecule has 1 heterocycles. The van der Waals surface area contributed by atoms with E-state index in [1.165, 1.54) is 12.8 Å². The van der Waals surface area contributed by atoms with Gasteiger partial charge in [-0.2, -0.15) is 12.6 Å². The highest BCUT2D eigenvalue weighted by molar-refractivity contribution is 7.99. The maximum Gasteiger partial charge on any atom is 0.114 e. The van der Waals surface area contributed by atoms with Crippen molar-refractivity contribution < 1.29 is 0 Å². The number of hydrogen-bond acceptors (Lipinski definition) is 4. The molecule has 0 aromatic carbocycles. The van der Waals surface area contributed by atoms with Crippen LogP contribution in [-0.4, -0.2) is 21.5 Å². The summed E-state index contributed by atoms with van der Waals surface area (Å²) in [5.41, 5.74) is 0.505. The first-order valence-corrected chi connectivity index (χ1v) is 5.96. The van der Waals surface area contributed by atoms with Gasteiger partial charge < -0.3 is 0 Å². The fourth-order valence-electron chi connectivity index (χ4n) is 1.11. The quantitative estimate of drug-likeness (QED) is 0.612. The lowest BCUT2D eigenvalue weighted by atomic mass is 10.2. The summed E-state index contributed by atoms with van der Waals surface area (Å²) in [6.07, 6.45) is 7.91. The van der Waals surface area contributed by atoms with Crippen LogP contribution in [0.2, 0.25) is 0 Å². The molecule has 13 heavy (non-hydrogen) atoms. The van der Waals surface area contributed by atoms with Crippen molar-refractivity contribution in [2.24, 2.45) is 5.41 Å². The molecule has 0 bridgehead atoms. The molecule has 1 saturated carbocycles. The summed E-state index contributed by atoms with van der Waals surface area (Å²) < 4.78 is 0. The van der Waals surface area contributed by atoms with E-state index in [0.717, 1.165) is 16.5 Å². The van der Waals surface area contributed by atoms with Crippen LogP contribution in [0.3, 0.4) is 0 Å². The van der Waals surface area contributed by atoms with Gasteiger partial charge in [-0.25, -0.2) is 4.98 Å². The molecule has 0 spiro atoms. The zero-order valence-corrected chi connectivity index (χ0v) is 9.02. The van der Waals surface area contributed by atoms with Crippen LogP contribution >= 0.6 is 24.4 Å². The Kier molecular flexibility index (Phi) is 2.79. The molecular formula is C9H12N2S2. The maximum absolute atomic E-state index is 4.36. The first-order chi connectivity index (χ1) is 6.35. The second-order valence-corrected chi connectivity index (χ2v) is 4.80. The average Bonchev–Trinajstić information content (AvgIpc) is 2.97. The molecule has 4 heteroatoms. The van der Waals surface area contributed by atoms with Gasteiger partial charge in [0.2, 0.25) is 0 Å². The third-order valence-corrected chi connectivity index (χ3v) is 4.29. The highest BCUT2D eigenvalue weighted by Crippen LogP contribution is 2.49. The normalized spacial score (nSPS) is 18.5. The Morgan fingerprint density at radius 1 is 1.46 bits per heavy atom. The topological polar surface area (TPSA) is 25.8 Å². The van der Waals surface area contributed by atoms with Gasteiger partial charge in [0.1, 0.15) is 5.03 Å². The van der Waals surface area contributed by atoms with E-state index < -0.39 is 0 Å². The van der Waals surface area contributed by atoms with Crippen LogP contribution in [0, 0.1) is 5.41 Å². The maximum atomic E-state index is 4.36. The van der Waals surface area contributed by atoms with Crippen molar-refractivity contribution in [3.8, 4) is 0 Å². The Labute approximate surface area is 88.0 Å². The minimum absolute atomic E-state index is 0.505. The van der Waals surface area contributed by atoms with Gasteiger partial charge in [0.15, 0.2) is 0 Å². The average molecular weight is 212 g/mol. The Bertz CT molecular complexity index is 272. The Balaban J connectivity index is 1.86. The highest BCUT2D eigenvalue weighted by Gasteiger charge is 2.40. The first-order valence-electron chi connectivity index (χ1n) is 4.34. The van der Waals surface area contributed by atoms with Crippen LogP contribution in [0.5, 0.6) is 0 Å². The molecule has 2 rings (SSSR count). The lowest BCUT2D eigenvalue weighted by Crippen LogP contribution is -2.05. The molecule has 1 fully saturated rings. The van der Waals surface area contributed by atoms with Gasteiger partial charge in [0.25, 0.3) is 0 Å². The smallest absolute Gasteiger partial charge is 0.114 e. The van der Waals surface area contributed by atoms with E-state index in [1.54, 1.807) is 24.2 Å². The zero-order valence-electron chi connectivity index (χ0n) is 7.31. The molecule has 1 aliphatic carbocycles. The predicted octanol–water partition coefficient (Wildman–Crippen LogP) is 2.28. The minimum atomic E-state index is 0.505. The molecule has 70 valence electrons. The third-order valence-electron chi connectivity index (χ3n) is 2.36. The number of hydrogen-bond donors (Lipinski definition) is 1. The van der Waals surface area contributed by atoms with E-state index in [9.17, 15) is 0 Å². The molecular weight excluding hydrogens is 200 g/mol. The summed E-state index contributed by atoms with van der Waals surface area (Å²) >= 11 is 6.15. The van der Waals surface area contributed by atoms with Gasteiger partial charge in [-0.3, -0.25) is 4.98 Å². The van der Waals surface area contributed by atoms with Crippen LogP contribution in [0.25, 0.3) is 0 Å². The lowest BCUT2D eigenvalue weighted by molar-refractivity contribution is 0.682. The van der Waals surface area contributed by atoms with E-state index in [1.807, 2.05) is 6.20 Å². The van der Waals surface area contributed by atoms with E-state index in [4.69, 9.17) is 0 Å². The minimum Gasteiger partial charge on any atom is -0.260 e. The molecule has 0 radical (unpaired) electrons. The van der Waals surface area contributed by atoms with Crippen LogP contribution in [0.4, 0.5) is 0 Å². The summed E-state index contributed by atoms with van der Waals surface area (Å²) in [6.45, 7) is 0. The van der Waals surface area contributed by atoms with Crippen molar-refractivity contribution in [2.45, 2.75) is 17.9 Å². The summed E-state index contributed by atoms with van der Waals surface area (Å²) in [5, 5.41) is 1.02. The summed E-state index contributed by atoms with van der Waals surface area (Å²) in [7, 11) is 0. The Morgan fingerprint density at radius 2 is 2.31 bits per heavy atom. The molecule has 1 aliphatic rings. The Hall–Kier alpha value is -0.220. The van der Waals surface area contributed by atoms with Gasteiger partial charge in [0.05, 0.1) is 6.20 Å². The standard InChI is InChI=1S/C9H12N2S2/c12-6-9(1-2-9)7-13-8-5-10-3-4-11-8/h3-5,12H,1-2,6-7H2. The lowest BCUT2D eigenvalue weighted by Gasteiger charge is -2.09. The van der Waals surface area contributed by atoms with Gasteiger partial charge >= 0.3 is 0 Å². The predicted molar refractivity (Wildman–Crippen MR) is 58.3 cm³/mol. The summed E-state index contributed by atoms with van der Waals surface area (Å²) in [4.78, 5) is 8.25. The molecule has 0 N–H and O–H groups in total. The monoisotopic (exact) mass is 212 g/mol. The van der Waals surface area contributed by atoms with Crippen LogP contribution < -0.4 is 0 Å². The van der Waals surface area contributed by atoms with Crippen molar-refractivity contribution in [3.63, 3.8) is 0 Å². The van der Waals surface area contributed by atoms with Gasteiger partial charge in [-0.1, -0.05) is 0 Å². The molecule has 1 aromatic rings. The van der Waals surface area contributed by atoms with Gasteiger partial charge in [-0.15, -0.1) is 11.8 Å². The molecule has 0 saturated heterocycles. The summed E-state index contributed by atoms with van der Waals surface area (Å²) in [5.74, 6) is 2.13. The van der Waals surface area contributed by atoms with E-state index in [2.05, 4.69) is 22.6 Å². The third kappa shape index (κ3) is 2.38. The fraction of sp³-hybridized carbons (Fsp3) is 0.556. The zero-order chi connectivity index (χ0) is 9.15. The Morgan fingerprint density at radius 3 is 2.85 bits per heavy atom. The van der Waals surface area contributed by atoms with Crippen LogP contribution in [0.1, 0.15) is 12.8 Å². The van der Waals surface area contributed by atoms with Crippen LogP contribution in [0.15, 0.2) is 23.6 Å². The first kappa shape index (κ1) is 9.34. The molecule has 2 nitrogen and oxygen atoms in total. The summed E-state index contributed by atoms with van der Waals surface area (Å²) in [6, 6.07) is 0. The fourth-order valence-corrected chi connectivity index (χ4v) is 2.81.